The van der Waals surface area contributed by atoms with Crippen molar-refractivity contribution in [1.82, 2.24) is 10.3 Å². The number of fused-ring (bicyclic) bond motifs is 1. The van der Waals surface area contributed by atoms with E-state index in [0.29, 0.717) is 6.04 Å². The van der Waals surface area contributed by atoms with Crippen LogP contribution >= 0.6 is 0 Å². The maximum atomic E-state index is 4.42. The predicted molar refractivity (Wildman–Crippen MR) is 82.9 cm³/mol. The maximum Gasteiger partial charge on any atom is 0.0602 e. The molecule has 1 aliphatic rings. The third kappa shape index (κ3) is 2.54. The topological polar surface area (TPSA) is 28.2 Å². The highest BCUT2D eigenvalue weighted by Crippen LogP contribution is 2.31. The minimum atomic E-state index is 0.408. The molecule has 1 N–H and O–H groups in total. The molecule has 0 spiro atoms. The predicted octanol–water partition coefficient (Wildman–Crippen LogP) is 2.92. The first-order chi connectivity index (χ1) is 9.78. The zero-order chi connectivity index (χ0) is 13.9. The Morgan fingerprint density at radius 1 is 1.30 bits per heavy atom. The molecule has 3 rings (SSSR count). The van der Waals surface area contributed by atoms with Crippen LogP contribution in [0.25, 0.3) is 0 Å². The van der Waals surface area contributed by atoms with Gasteiger partial charge in [-0.05, 0) is 49.7 Å². The number of rotatable bonds is 4. The molecule has 104 valence electrons. The van der Waals surface area contributed by atoms with Gasteiger partial charge < -0.3 is 10.2 Å². The first-order valence-corrected chi connectivity index (χ1v) is 7.23. The van der Waals surface area contributed by atoms with Gasteiger partial charge in [-0.15, -0.1) is 0 Å². The van der Waals surface area contributed by atoms with Crippen molar-refractivity contribution >= 4 is 5.69 Å². The summed E-state index contributed by atoms with van der Waals surface area (Å²) in [6, 6.07) is 13.4. The lowest BCUT2D eigenvalue weighted by Gasteiger charge is -2.19. The van der Waals surface area contributed by atoms with Crippen molar-refractivity contribution in [3.05, 3.63) is 59.4 Å². The summed E-state index contributed by atoms with van der Waals surface area (Å²) in [6.07, 6.45) is 3.00. The maximum absolute atomic E-state index is 4.42. The van der Waals surface area contributed by atoms with Gasteiger partial charge in [0.25, 0.3) is 0 Å². The summed E-state index contributed by atoms with van der Waals surface area (Å²) < 4.78 is 0. The second kappa shape index (κ2) is 5.63. The number of hydrogen-bond acceptors (Lipinski definition) is 3. The highest BCUT2D eigenvalue weighted by Gasteiger charge is 2.20. The summed E-state index contributed by atoms with van der Waals surface area (Å²) in [4.78, 5) is 6.84. The van der Waals surface area contributed by atoms with Crippen molar-refractivity contribution in [3.63, 3.8) is 0 Å². The Morgan fingerprint density at radius 3 is 2.95 bits per heavy atom. The van der Waals surface area contributed by atoms with Crippen LogP contribution in [0, 0.1) is 0 Å². The number of anilines is 1. The molecule has 0 radical (unpaired) electrons. The first kappa shape index (κ1) is 13.1. The fourth-order valence-corrected chi connectivity index (χ4v) is 2.78. The van der Waals surface area contributed by atoms with Gasteiger partial charge in [-0.25, -0.2) is 0 Å². The van der Waals surface area contributed by atoms with E-state index in [1.807, 2.05) is 19.3 Å². The van der Waals surface area contributed by atoms with E-state index < -0.39 is 0 Å². The van der Waals surface area contributed by atoms with E-state index in [0.717, 1.165) is 25.2 Å². The van der Waals surface area contributed by atoms with Gasteiger partial charge in [-0.2, -0.15) is 0 Å². The van der Waals surface area contributed by atoms with Crippen molar-refractivity contribution in [3.8, 4) is 0 Å². The molecule has 0 aliphatic carbocycles. The third-order valence-corrected chi connectivity index (χ3v) is 4.11. The molecule has 1 aliphatic heterocycles. The van der Waals surface area contributed by atoms with Gasteiger partial charge in [-0.3, -0.25) is 4.98 Å². The summed E-state index contributed by atoms with van der Waals surface area (Å²) in [5, 5.41) is 3.30. The number of aromatic nitrogens is 1. The second-order valence-electron chi connectivity index (χ2n) is 5.39. The Labute approximate surface area is 120 Å². The summed E-state index contributed by atoms with van der Waals surface area (Å²) in [7, 11) is 2.01. The number of benzene rings is 1. The molecule has 3 heteroatoms. The van der Waals surface area contributed by atoms with Crippen LogP contribution in [0.2, 0.25) is 0 Å². The van der Waals surface area contributed by atoms with Crippen molar-refractivity contribution in [1.29, 1.82) is 0 Å². The van der Waals surface area contributed by atoms with Crippen LogP contribution in [0.1, 0.15) is 29.8 Å². The molecule has 1 aromatic heterocycles. The largest absolute Gasteiger partial charge is 0.365 e. The van der Waals surface area contributed by atoms with Crippen molar-refractivity contribution in [2.75, 3.05) is 18.5 Å². The summed E-state index contributed by atoms with van der Waals surface area (Å²) in [5.41, 5.74) is 5.32. The van der Waals surface area contributed by atoms with Crippen molar-refractivity contribution in [2.45, 2.75) is 25.9 Å². The molecule has 0 saturated heterocycles. The highest BCUT2D eigenvalue weighted by atomic mass is 15.2. The molecule has 0 saturated carbocycles. The van der Waals surface area contributed by atoms with Crippen molar-refractivity contribution in [2.24, 2.45) is 0 Å². The Hall–Kier alpha value is -1.87. The summed E-state index contributed by atoms with van der Waals surface area (Å²) in [5.74, 6) is 0. The quantitative estimate of drug-likeness (QED) is 0.923. The third-order valence-electron chi connectivity index (χ3n) is 4.11. The molecule has 2 heterocycles. The number of pyridine rings is 1. The summed E-state index contributed by atoms with van der Waals surface area (Å²) in [6.45, 7) is 4.18. The van der Waals surface area contributed by atoms with Crippen LogP contribution in [0.15, 0.2) is 42.6 Å². The van der Waals surface area contributed by atoms with Crippen LogP contribution in [-0.2, 0) is 13.0 Å². The van der Waals surface area contributed by atoms with Gasteiger partial charge in [-0.1, -0.05) is 18.2 Å². The van der Waals surface area contributed by atoms with Gasteiger partial charge in [0.05, 0.1) is 12.2 Å². The first-order valence-electron chi connectivity index (χ1n) is 7.23. The molecule has 1 aromatic carbocycles. The second-order valence-corrected chi connectivity index (χ2v) is 5.39. The van der Waals surface area contributed by atoms with E-state index in [1.165, 1.54) is 16.8 Å². The molecule has 1 unspecified atom stereocenters. The van der Waals surface area contributed by atoms with Gasteiger partial charge in [0.2, 0.25) is 0 Å². The lowest BCUT2D eigenvalue weighted by atomic mass is 10.0. The SMILES string of the molecule is CNC(C)c1ccc2c(c1)CCN2Cc1ccccn1. The summed E-state index contributed by atoms with van der Waals surface area (Å²) >= 11 is 0. The number of nitrogens with zero attached hydrogens (tertiary/aromatic N) is 2. The monoisotopic (exact) mass is 267 g/mol. The standard InChI is InChI=1S/C17H21N3/c1-13(18-2)14-6-7-17-15(11-14)8-10-20(17)12-16-5-3-4-9-19-16/h3-7,9,11,13,18H,8,10,12H2,1-2H3. The average Bonchev–Trinajstić information content (AvgIpc) is 2.90. The van der Waals surface area contributed by atoms with Crippen LogP contribution in [0.4, 0.5) is 5.69 Å². The minimum Gasteiger partial charge on any atom is -0.365 e. The average molecular weight is 267 g/mol. The minimum absolute atomic E-state index is 0.408. The molecule has 2 aromatic rings. The molecular formula is C17H21N3. The van der Waals surface area contributed by atoms with Crippen LogP contribution in [-0.4, -0.2) is 18.6 Å². The van der Waals surface area contributed by atoms with E-state index in [2.05, 4.69) is 52.5 Å². The zero-order valence-corrected chi connectivity index (χ0v) is 12.1. The molecule has 0 amide bonds. The fraction of sp³-hybridized carbons (Fsp3) is 0.353. The number of hydrogen-bond donors (Lipinski definition) is 1. The van der Waals surface area contributed by atoms with Crippen molar-refractivity contribution < 1.29 is 0 Å². The highest BCUT2D eigenvalue weighted by molar-refractivity contribution is 5.59. The Kier molecular flexibility index (Phi) is 3.70. The molecule has 0 fully saturated rings. The van der Waals surface area contributed by atoms with Crippen LogP contribution < -0.4 is 10.2 Å². The molecule has 1 atom stereocenters. The normalized spacial score (nSPS) is 15.2. The molecule has 3 nitrogen and oxygen atoms in total. The Bertz CT molecular complexity index is 580. The van der Waals surface area contributed by atoms with Gasteiger partial charge in [0, 0.05) is 24.5 Å². The lowest BCUT2D eigenvalue weighted by Crippen LogP contribution is -2.20. The Morgan fingerprint density at radius 2 is 2.20 bits per heavy atom. The smallest absolute Gasteiger partial charge is 0.0602 e. The zero-order valence-electron chi connectivity index (χ0n) is 12.1. The van der Waals surface area contributed by atoms with Crippen LogP contribution in [0.3, 0.4) is 0 Å². The van der Waals surface area contributed by atoms with E-state index in [9.17, 15) is 0 Å². The van der Waals surface area contributed by atoms with Gasteiger partial charge in [0.15, 0.2) is 0 Å². The Balaban J connectivity index is 1.80. The number of nitrogens with one attached hydrogen (secondary N) is 1. The van der Waals surface area contributed by atoms with E-state index in [4.69, 9.17) is 0 Å². The lowest BCUT2D eigenvalue weighted by molar-refractivity contribution is 0.652. The molecule has 20 heavy (non-hydrogen) atoms. The van der Waals surface area contributed by atoms with E-state index in [1.54, 1.807) is 0 Å². The van der Waals surface area contributed by atoms with Crippen LogP contribution in [0.5, 0.6) is 0 Å². The van der Waals surface area contributed by atoms with E-state index in [-0.39, 0.29) is 0 Å². The molecule has 0 bridgehead atoms. The van der Waals surface area contributed by atoms with Gasteiger partial charge in [0.1, 0.15) is 0 Å². The fourth-order valence-electron chi connectivity index (χ4n) is 2.78. The van der Waals surface area contributed by atoms with Gasteiger partial charge >= 0.3 is 0 Å². The van der Waals surface area contributed by atoms with E-state index >= 15 is 0 Å². The molecular weight excluding hydrogens is 246 g/mol.